The minimum atomic E-state index is -4.14. The number of rotatable bonds is 2. The van der Waals surface area contributed by atoms with E-state index < -0.39 is 31.2 Å². The molecule has 1 heterocycles. The Hall–Kier alpha value is -2.05. The standard InChI is InChI=1S/C6H4N4O4S/c7-2-4-1-5(10(11)12)3-9-6(4)15(8,13)14/h1,3H,(H2,8,13,14). The Morgan fingerprint density at radius 3 is 2.60 bits per heavy atom. The first-order valence-electron chi connectivity index (χ1n) is 3.43. The Bertz CT molecular complexity index is 559. The van der Waals surface area contributed by atoms with E-state index in [0.717, 1.165) is 12.3 Å². The molecule has 0 amide bonds. The molecule has 0 radical (unpaired) electrons. The van der Waals surface area contributed by atoms with Gasteiger partial charge in [0.1, 0.15) is 12.3 Å². The first-order valence-corrected chi connectivity index (χ1v) is 4.98. The van der Waals surface area contributed by atoms with Crippen LogP contribution in [0.15, 0.2) is 17.3 Å². The summed E-state index contributed by atoms with van der Waals surface area (Å²) >= 11 is 0. The second-order valence-corrected chi connectivity index (χ2v) is 3.94. The largest absolute Gasteiger partial charge is 0.288 e. The minimum absolute atomic E-state index is 0.452. The van der Waals surface area contributed by atoms with Crippen molar-refractivity contribution in [1.29, 1.82) is 5.26 Å². The summed E-state index contributed by atoms with van der Waals surface area (Å²) in [7, 11) is -4.14. The summed E-state index contributed by atoms with van der Waals surface area (Å²) in [6, 6.07) is 2.27. The Kier molecular flexibility index (Phi) is 2.65. The highest BCUT2D eigenvalue weighted by Gasteiger charge is 2.19. The lowest BCUT2D eigenvalue weighted by Crippen LogP contribution is -2.15. The second-order valence-electron chi connectivity index (χ2n) is 2.46. The van der Waals surface area contributed by atoms with Crippen molar-refractivity contribution in [3.63, 3.8) is 0 Å². The van der Waals surface area contributed by atoms with Gasteiger partial charge in [-0.05, 0) is 0 Å². The summed E-state index contributed by atoms with van der Waals surface area (Å²) in [4.78, 5) is 12.8. The molecule has 2 N–H and O–H groups in total. The fourth-order valence-electron chi connectivity index (χ4n) is 0.848. The molecule has 0 aliphatic rings. The molecular formula is C6H4N4O4S. The van der Waals surface area contributed by atoms with Crippen LogP contribution in [0.2, 0.25) is 0 Å². The summed E-state index contributed by atoms with van der Waals surface area (Å²) in [5.74, 6) is 0. The molecular weight excluding hydrogens is 224 g/mol. The molecule has 0 aliphatic carbocycles. The SMILES string of the molecule is N#Cc1cc([N+](=O)[O-])cnc1S(N)(=O)=O. The van der Waals surface area contributed by atoms with E-state index in [1.165, 1.54) is 6.07 Å². The van der Waals surface area contributed by atoms with E-state index in [-0.39, 0.29) is 0 Å². The van der Waals surface area contributed by atoms with Crippen LogP contribution in [0.3, 0.4) is 0 Å². The topological polar surface area (TPSA) is 140 Å². The molecule has 9 heteroatoms. The van der Waals surface area contributed by atoms with E-state index in [4.69, 9.17) is 10.4 Å². The lowest BCUT2D eigenvalue weighted by Gasteiger charge is -1.98. The number of pyridine rings is 1. The molecule has 1 rings (SSSR count). The molecule has 0 fully saturated rings. The Labute approximate surface area is 84.2 Å². The predicted octanol–water partition coefficient (Wildman–Crippen LogP) is -0.491. The smallest absolute Gasteiger partial charge is 0.258 e. The summed E-state index contributed by atoms with van der Waals surface area (Å²) in [6.45, 7) is 0. The quantitative estimate of drug-likeness (QED) is 0.534. The van der Waals surface area contributed by atoms with E-state index >= 15 is 0 Å². The number of nitrogens with zero attached hydrogens (tertiary/aromatic N) is 3. The molecule has 0 saturated carbocycles. The Morgan fingerprint density at radius 1 is 1.60 bits per heavy atom. The molecule has 8 nitrogen and oxygen atoms in total. The summed E-state index contributed by atoms with van der Waals surface area (Å²) in [5.41, 5.74) is -0.925. The van der Waals surface area contributed by atoms with Crippen molar-refractivity contribution in [2.45, 2.75) is 5.03 Å². The number of nitriles is 1. The van der Waals surface area contributed by atoms with E-state index in [2.05, 4.69) is 4.98 Å². The first-order chi connectivity index (χ1) is 6.86. The molecule has 1 aromatic rings. The van der Waals surface area contributed by atoms with Crippen molar-refractivity contribution in [2.24, 2.45) is 5.14 Å². The van der Waals surface area contributed by atoms with Crippen molar-refractivity contribution >= 4 is 15.7 Å². The van der Waals surface area contributed by atoms with Gasteiger partial charge in [-0.3, -0.25) is 10.1 Å². The number of hydrogen-bond donors (Lipinski definition) is 1. The van der Waals surface area contributed by atoms with Crippen LogP contribution in [-0.2, 0) is 10.0 Å². The molecule has 15 heavy (non-hydrogen) atoms. The highest BCUT2D eigenvalue weighted by Crippen LogP contribution is 2.16. The zero-order chi connectivity index (χ0) is 11.6. The lowest BCUT2D eigenvalue weighted by atomic mass is 10.3. The number of nitro groups is 1. The van der Waals surface area contributed by atoms with Crippen molar-refractivity contribution in [3.8, 4) is 6.07 Å². The number of hydrogen-bond acceptors (Lipinski definition) is 6. The van der Waals surface area contributed by atoms with Crippen molar-refractivity contribution in [3.05, 3.63) is 27.9 Å². The third-order valence-corrected chi connectivity index (χ3v) is 2.30. The van der Waals surface area contributed by atoms with Crippen LogP contribution in [0, 0.1) is 21.4 Å². The van der Waals surface area contributed by atoms with Gasteiger partial charge in [-0.2, -0.15) is 5.26 Å². The van der Waals surface area contributed by atoms with Crippen LogP contribution < -0.4 is 5.14 Å². The van der Waals surface area contributed by atoms with Gasteiger partial charge in [0.25, 0.3) is 15.7 Å². The minimum Gasteiger partial charge on any atom is -0.258 e. The third-order valence-electron chi connectivity index (χ3n) is 1.44. The maximum absolute atomic E-state index is 10.9. The van der Waals surface area contributed by atoms with E-state index in [9.17, 15) is 18.5 Å². The molecule has 0 saturated heterocycles. The van der Waals surface area contributed by atoms with Crippen molar-refractivity contribution < 1.29 is 13.3 Å². The van der Waals surface area contributed by atoms with E-state index in [0.29, 0.717) is 0 Å². The maximum atomic E-state index is 10.9. The number of sulfonamides is 1. The van der Waals surface area contributed by atoms with Gasteiger partial charge in [0, 0.05) is 6.07 Å². The van der Waals surface area contributed by atoms with Crippen LogP contribution in [-0.4, -0.2) is 18.3 Å². The van der Waals surface area contributed by atoms with Crippen LogP contribution in [0.5, 0.6) is 0 Å². The van der Waals surface area contributed by atoms with Gasteiger partial charge in [-0.15, -0.1) is 0 Å². The molecule has 0 aromatic carbocycles. The maximum Gasteiger partial charge on any atom is 0.288 e. The van der Waals surface area contributed by atoms with E-state index in [1.807, 2.05) is 0 Å². The second kappa shape index (κ2) is 3.60. The molecule has 0 atom stereocenters. The average Bonchev–Trinajstić information content (AvgIpc) is 2.15. The molecule has 1 aromatic heterocycles. The summed E-state index contributed by atoms with van der Waals surface area (Å²) in [6.07, 6.45) is 0.723. The zero-order valence-corrected chi connectivity index (χ0v) is 7.93. The fourth-order valence-corrected chi connectivity index (χ4v) is 1.46. The first kappa shape index (κ1) is 11.0. The van der Waals surface area contributed by atoms with Crippen molar-refractivity contribution in [1.82, 2.24) is 4.98 Å². The Morgan fingerprint density at radius 2 is 2.20 bits per heavy atom. The third kappa shape index (κ3) is 2.25. The monoisotopic (exact) mass is 228 g/mol. The molecule has 0 aliphatic heterocycles. The summed E-state index contributed by atoms with van der Waals surface area (Å²) in [5, 5.41) is 22.9. The fraction of sp³-hybridized carbons (Fsp3) is 0. The number of nitrogens with two attached hydrogens (primary N) is 1. The highest BCUT2D eigenvalue weighted by atomic mass is 32.2. The number of aromatic nitrogens is 1. The van der Waals surface area contributed by atoms with Gasteiger partial charge in [-0.25, -0.2) is 18.5 Å². The van der Waals surface area contributed by atoms with Gasteiger partial charge >= 0.3 is 0 Å². The normalized spacial score (nSPS) is 10.7. The molecule has 78 valence electrons. The molecule has 0 bridgehead atoms. The van der Waals surface area contributed by atoms with Crippen LogP contribution >= 0.6 is 0 Å². The van der Waals surface area contributed by atoms with E-state index in [1.54, 1.807) is 0 Å². The molecule has 0 spiro atoms. The Balaban J connectivity index is 3.49. The molecule has 0 unspecified atom stereocenters. The summed E-state index contributed by atoms with van der Waals surface area (Å²) < 4.78 is 21.8. The average molecular weight is 228 g/mol. The van der Waals surface area contributed by atoms with Crippen LogP contribution in [0.25, 0.3) is 0 Å². The van der Waals surface area contributed by atoms with Crippen LogP contribution in [0.1, 0.15) is 5.56 Å². The van der Waals surface area contributed by atoms with Gasteiger partial charge in [0.05, 0.1) is 10.5 Å². The predicted molar refractivity (Wildman–Crippen MR) is 47.0 cm³/mol. The van der Waals surface area contributed by atoms with Gasteiger partial charge in [0.2, 0.25) is 0 Å². The van der Waals surface area contributed by atoms with Gasteiger partial charge in [-0.1, -0.05) is 0 Å². The number of primary sulfonamides is 1. The van der Waals surface area contributed by atoms with Gasteiger partial charge in [0.15, 0.2) is 5.03 Å². The highest BCUT2D eigenvalue weighted by molar-refractivity contribution is 7.89. The van der Waals surface area contributed by atoms with Crippen LogP contribution in [0.4, 0.5) is 5.69 Å². The van der Waals surface area contributed by atoms with Crippen molar-refractivity contribution in [2.75, 3.05) is 0 Å². The zero-order valence-electron chi connectivity index (χ0n) is 7.11. The van der Waals surface area contributed by atoms with Gasteiger partial charge < -0.3 is 0 Å². The lowest BCUT2D eigenvalue weighted by molar-refractivity contribution is -0.385.